The van der Waals surface area contributed by atoms with Crippen LogP contribution in [0.15, 0.2) is 18.2 Å². The molecule has 1 aliphatic heterocycles. The van der Waals surface area contributed by atoms with E-state index in [0.29, 0.717) is 0 Å². The second kappa shape index (κ2) is 6.53. The van der Waals surface area contributed by atoms with Crippen LogP contribution in [-0.4, -0.2) is 48.2 Å². The van der Waals surface area contributed by atoms with E-state index in [2.05, 4.69) is 15.5 Å². The number of carbonyl (C=O) groups is 2. The number of urea groups is 1. The second-order valence-electron chi connectivity index (χ2n) is 5.20. The van der Waals surface area contributed by atoms with Crippen molar-refractivity contribution in [3.05, 3.63) is 29.6 Å². The number of likely N-dealkylation sites (N-methyl/N-ethyl adjacent to an activating group) is 1. The number of nitrogens with one attached hydrogen (secondary N) is 2. The van der Waals surface area contributed by atoms with E-state index in [1.165, 1.54) is 6.07 Å². The molecule has 7 heteroatoms. The van der Waals surface area contributed by atoms with Gasteiger partial charge in [0.25, 0.3) is 0 Å². The van der Waals surface area contributed by atoms with E-state index >= 15 is 0 Å². The molecule has 1 atom stereocenters. The Hall–Kier alpha value is -2.15. The highest BCUT2D eigenvalue weighted by Crippen LogP contribution is 2.15. The van der Waals surface area contributed by atoms with Crippen LogP contribution in [0.3, 0.4) is 0 Å². The molecular formula is C14H18FN3O3. The second-order valence-corrected chi connectivity index (χ2v) is 5.20. The third kappa shape index (κ3) is 4.16. The van der Waals surface area contributed by atoms with Gasteiger partial charge in [0.05, 0.1) is 5.56 Å². The molecule has 1 heterocycles. The Morgan fingerprint density at radius 1 is 1.43 bits per heavy atom. The van der Waals surface area contributed by atoms with Crippen LogP contribution < -0.4 is 10.6 Å². The third-order valence-electron chi connectivity index (χ3n) is 3.42. The van der Waals surface area contributed by atoms with Crippen molar-refractivity contribution >= 4 is 17.7 Å². The molecule has 2 amide bonds. The van der Waals surface area contributed by atoms with Crippen LogP contribution in [-0.2, 0) is 0 Å². The summed E-state index contributed by atoms with van der Waals surface area (Å²) in [5.41, 5.74) is -0.200. The van der Waals surface area contributed by atoms with Crippen molar-refractivity contribution in [3.63, 3.8) is 0 Å². The molecule has 114 valence electrons. The lowest BCUT2D eigenvalue weighted by Crippen LogP contribution is -2.47. The van der Waals surface area contributed by atoms with Crippen molar-refractivity contribution in [3.8, 4) is 0 Å². The molecule has 0 bridgehead atoms. The highest BCUT2D eigenvalue weighted by Gasteiger charge is 2.19. The van der Waals surface area contributed by atoms with Gasteiger partial charge < -0.3 is 20.6 Å². The van der Waals surface area contributed by atoms with Crippen LogP contribution in [0, 0.1) is 5.82 Å². The molecule has 1 saturated heterocycles. The summed E-state index contributed by atoms with van der Waals surface area (Å²) in [5.74, 6) is -2.22. The predicted octanol–water partition coefficient (Wildman–Crippen LogP) is 1.74. The van der Waals surface area contributed by atoms with Gasteiger partial charge in [0.2, 0.25) is 0 Å². The van der Waals surface area contributed by atoms with Crippen molar-refractivity contribution in [1.29, 1.82) is 0 Å². The summed E-state index contributed by atoms with van der Waals surface area (Å²) in [5, 5.41) is 14.1. The maximum absolute atomic E-state index is 13.5. The van der Waals surface area contributed by atoms with Crippen LogP contribution in [0.5, 0.6) is 0 Å². The van der Waals surface area contributed by atoms with Gasteiger partial charge in [-0.1, -0.05) is 0 Å². The van der Waals surface area contributed by atoms with Crippen LogP contribution in [0.25, 0.3) is 0 Å². The van der Waals surface area contributed by atoms with Crippen molar-refractivity contribution in [1.82, 2.24) is 10.2 Å². The molecule has 2 rings (SSSR count). The van der Waals surface area contributed by atoms with E-state index in [1.807, 2.05) is 7.05 Å². The lowest BCUT2D eigenvalue weighted by molar-refractivity contribution is 0.0692. The van der Waals surface area contributed by atoms with Gasteiger partial charge in [-0.3, -0.25) is 0 Å². The number of carbonyl (C=O) groups excluding carboxylic acids is 1. The van der Waals surface area contributed by atoms with Gasteiger partial charge in [0.1, 0.15) is 5.82 Å². The van der Waals surface area contributed by atoms with Crippen LogP contribution >= 0.6 is 0 Å². The van der Waals surface area contributed by atoms with E-state index in [0.717, 1.165) is 38.1 Å². The smallest absolute Gasteiger partial charge is 0.338 e. The quantitative estimate of drug-likeness (QED) is 0.793. The molecule has 0 radical (unpaired) electrons. The highest BCUT2D eigenvalue weighted by molar-refractivity contribution is 5.91. The summed E-state index contributed by atoms with van der Waals surface area (Å²) in [6, 6.07) is 3.13. The Morgan fingerprint density at radius 2 is 2.19 bits per heavy atom. The number of anilines is 1. The zero-order valence-electron chi connectivity index (χ0n) is 11.7. The van der Waals surface area contributed by atoms with E-state index in [1.54, 1.807) is 0 Å². The molecule has 0 aliphatic carbocycles. The molecule has 6 nitrogen and oxygen atoms in total. The van der Waals surface area contributed by atoms with Gasteiger partial charge in [-0.15, -0.1) is 0 Å². The van der Waals surface area contributed by atoms with Gasteiger partial charge in [0.15, 0.2) is 0 Å². The zero-order valence-corrected chi connectivity index (χ0v) is 11.7. The molecule has 0 saturated carbocycles. The SMILES string of the molecule is CN1CCCC(NC(=O)Nc2ccc(C(=O)O)c(F)c2)C1. The highest BCUT2D eigenvalue weighted by atomic mass is 19.1. The fourth-order valence-electron chi connectivity index (χ4n) is 2.40. The molecule has 1 aliphatic rings. The molecule has 3 N–H and O–H groups in total. The van der Waals surface area contributed by atoms with Crippen molar-refractivity contribution in [2.45, 2.75) is 18.9 Å². The van der Waals surface area contributed by atoms with Gasteiger partial charge in [0, 0.05) is 18.3 Å². The minimum absolute atomic E-state index is 0.0619. The summed E-state index contributed by atoms with van der Waals surface area (Å²) < 4.78 is 13.5. The average molecular weight is 295 g/mol. The first-order chi connectivity index (χ1) is 9.95. The van der Waals surface area contributed by atoms with Gasteiger partial charge in [-0.2, -0.15) is 0 Å². The predicted molar refractivity (Wildman–Crippen MR) is 76.0 cm³/mol. The summed E-state index contributed by atoms with van der Waals surface area (Å²) in [7, 11) is 1.99. The Labute approximate surface area is 121 Å². The number of benzene rings is 1. The zero-order chi connectivity index (χ0) is 15.4. The van der Waals surface area contributed by atoms with Crippen LogP contribution in [0.4, 0.5) is 14.9 Å². The monoisotopic (exact) mass is 295 g/mol. The summed E-state index contributed by atoms with van der Waals surface area (Å²) in [6.07, 6.45) is 1.92. The first-order valence-electron chi connectivity index (χ1n) is 6.74. The summed E-state index contributed by atoms with van der Waals surface area (Å²) in [6.45, 7) is 1.79. The number of carboxylic acids is 1. The average Bonchev–Trinajstić information content (AvgIpc) is 2.38. The van der Waals surface area contributed by atoms with E-state index in [9.17, 15) is 14.0 Å². The number of likely N-dealkylation sites (tertiary alicyclic amines) is 1. The van der Waals surface area contributed by atoms with E-state index in [-0.39, 0.29) is 11.7 Å². The van der Waals surface area contributed by atoms with Gasteiger partial charge in [-0.05, 0) is 44.6 Å². The molecule has 1 aromatic carbocycles. The Kier molecular flexibility index (Phi) is 4.74. The molecule has 1 fully saturated rings. The number of amides is 2. The van der Waals surface area contributed by atoms with Crippen molar-refractivity contribution in [2.75, 3.05) is 25.5 Å². The number of hydrogen-bond donors (Lipinski definition) is 3. The van der Waals surface area contributed by atoms with E-state index < -0.39 is 23.4 Å². The first-order valence-corrected chi connectivity index (χ1v) is 6.74. The molecular weight excluding hydrogens is 277 g/mol. The fourth-order valence-corrected chi connectivity index (χ4v) is 2.40. The normalized spacial score (nSPS) is 19.0. The number of rotatable bonds is 3. The van der Waals surface area contributed by atoms with Crippen LogP contribution in [0.1, 0.15) is 23.2 Å². The fraction of sp³-hybridized carbons (Fsp3) is 0.429. The van der Waals surface area contributed by atoms with E-state index in [4.69, 9.17) is 5.11 Å². The lowest BCUT2D eigenvalue weighted by Gasteiger charge is -2.30. The third-order valence-corrected chi connectivity index (χ3v) is 3.42. The molecule has 21 heavy (non-hydrogen) atoms. The number of piperidine rings is 1. The van der Waals surface area contributed by atoms with Crippen LogP contribution in [0.2, 0.25) is 0 Å². The van der Waals surface area contributed by atoms with Gasteiger partial charge >= 0.3 is 12.0 Å². The minimum Gasteiger partial charge on any atom is -0.478 e. The first kappa shape index (κ1) is 15.2. The minimum atomic E-state index is -1.34. The summed E-state index contributed by atoms with van der Waals surface area (Å²) in [4.78, 5) is 24.7. The molecule has 1 aromatic rings. The Morgan fingerprint density at radius 3 is 2.81 bits per heavy atom. The van der Waals surface area contributed by atoms with Gasteiger partial charge in [-0.25, -0.2) is 14.0 Å². The largest absolute Gasteiger partial charge is 0.478 e. The number of halogens is 1. The molecule has 1 unspecified atom stereocenters. The summed E-state index contributed by atoms with van der Waals surface area (Å²) >= 11 is 0. The van der Waals surface area contributed by atoms with Crippen molar-refractivity contribution < 1.29 is 19.1 Å². The Balaban J connectivity index is 1.93. The number of aromatic carboxylic acids is 1. The number of hydrogen-bond acceptors (Lipinski definition) is 3. The standard InChI is InChI=1S/C14H18FN3O3/c1-18-6-2-3-10(8-18)17-14(21)16-9-4-5-11(13(19)20)12(15)7-9/h4-5,7,10H,2-3,6,8H2,1H3,(H,19,20)(H2,16,17,21). The maximum atomic E-state index is 13.5. The molecule has 0 aromatic heterocycles. The number of carboxylic acid groups (broad SMARTS) is 1. The number of nitrogens with zero attached hydrogens (tertiary/aromatic N) is 1. The Bertz CT molecular complexity index is 550. The maximum Gasteiger partial charge on any atom is 0.338 e. The topological polar surface area (TPSA) is 81.7 Å². The van der Waals surface area contributed by atoms with Crippen molar-refractivity contribution in [2.24, 2.45) is 0 Å². The lowest BCUT2D eigenvalue weighted by atomic mass is 10.1. The molecule has 0 spiro atoms.